The molecule has 1 aromatic rings. The van der Waals surface area contributed by atoms with Crippen LogP contribution in [0.15, 0.2) is 39.2 Å². The van der Waals surface area contributed by atoms with E-state index in [1.165, 1.54) is 0 Å². The third-order valence-corrected chi connectivity index (χ3v) is 9.78. The van der Waals surface area contributed by atoms with Gasteiger partial charge in [0.1, 0.15) is 0 Å². The van der Waals surface area contributed by atoms with Crippen LogP contribution in [0.3, 0.4) is 0 Å². The Balaban J connectivity index is 2.25. The molecule has 3 nitrogen and oxygen atoms in total. The first-order valence-electron chi connectivity index (χ1n) is 7.14. The van der Waals surface area contributed by atoms with Crippen molar-refractivity contribution in [2.75, 3.05) is 0 Å². The number of benzene rings is 1. The number of carbonyl (C=O) groups excluding carboxylic acids is 1. The van der Waals surface area contributed by atoms with Gasteiger partial charge in [-0.25, -0.2) is 0 Å². The first kappa shape index (κ1) is 15.8. The zero-order valence-electron chi connectivity index (χ0n) is 13.2. The van der Waals surface area contributed by atoms with Gasteiger partial charge in [-0.1, -0.05) is 0 Å². The Bertz CT molecular complexity index is 758. The van der Waals surface area contributed by atoms with Gasteiger partial charge in [0, 0.05) is 0 Å². The molecule has 114 valence electrons. The average Bonchev–Trinajstić information content (AvgIpc) is 2.44. The van der Waals surface area contributed by atoms with Crippen LogP contribution in [0.2, 0.25) is 22.8 Å². The normalized spacial score (nSPS) is 17.0. The molecule has 0 radical (unpaired) electrons. The number of nitrogens with zero attached hydrogens (tertiary/aromatic N) is 1. The molecular formula is C17H19As2NO2. The molecule has 0 saturated carbocycles. The maximum atomic E-state index is 12.3. The summed E-state index contributed by atoms with van der Waals surface area (Å²) in [6.07, 6.45) is 4.25. The Morgan fingerprint density at radius 2 is 1.82 bits per heavy atom. The molecule has 0 amide bonds. The van der Waals surface area contributed by atoms with Crippen LogP contribution in [0.4, 0.5) is 5.69 Å². The molecule has 1 aromatic carbocycles. The Hall–Kier alpha value is -1.04. The van der Waals surface area contributed by atoms with E-state index in [0.717, 1.165) is 37.7 Å². The van der Waals surface area contributed by atoms with Gasteiger partial charge >= 0.3 is 141 Å². The summed E-state index contributed by atoms with van der Waals surface area (Å²) in [5.41, 5.74) is 13.0. The van der Waals surface area contributed by atoms with Crippen LogP contribution in [0.25, 0.3) is 0 Å². The van der Waals surface area contributed by atoms with E-state index in [1.807, 2.05) is 12.1 Å². The fourth-order valence-electron chi connectivity index (χ4n) is 3.07. The monoisotopic (exact) mass is 419 g/mol. The number of hydrogen-bond acceptors (Lipinski definition) is 3. The second-order valence-corrected chi connectivity index (χ2v) is 15.3. The van der Waals surface area contributed by atoms with Crippen LogP contribution in [0.5, 0.6) is 5.75 Å². The fourth-order valence-corrected chi connectivity index (χ4v) is 8.35. The van der Waals surface area contributed by atoms with Crippen molar-refractivity contribution >= 4 is 50.8 Å². The van der Waals surface area contributed by atoms with Crippen molar-refractivity contribution in [3.8, 4) is 5.75 Å². The summed E-state index contributed by atoms with van der Waals surface area (Å²) in [6, 6.07) is 3.66. The molecule has 0 bridgehead atoms. The summed E-state index contributed by atoms with van der Waals surface area (Å²) in [7, 11) is 0. The molecule has 0 spiro atoms. The molecule has 1 aliphatic carbocycles. The molecule has 0 atom stereocenters. The Labute approximate surface area is 140 Å². The predicted octanol–water partition coefficient (Wildman–Crippen LogP) is 2.71. The standard InChI is InChI=1S/C17H19As2NO2/c1-18(2)16-10-9-11-13(20-12(10)5-7-14(16)21)6-8-15(22)17(11)19(3)4/h5-8,21H,9H2,1-4H3. The molecular weight excluding hydrogens is 400 g/mol. The Morgan fingerprint density at radius 3 is 2.45 bits per heavy atom. The predicted molar refractivity (Wildman–Crippen MR) is 94.7 cm³/mol. The van der Waals surface area contributed by atoms with Gasteiger partial charge in [0.25, 0.3) is 0 Å². The van der Waals surface area contributed by atoms with Gasteiger partial charge < -0.3 is 0 Å². The number of phenolic OH excluding ortho intramolecular Hbond substituents is 1. The molecule has 1 aliphatic heterocycles. The minimum atomic E-state index is -1.29. The van der Waals surface area contributed by atoms with E-state index >= 15 is 0 Å². The molecule has 0 aromatic heterocycles. The van der Waals surface area contributed by atoms with Crippen LogP contribution in [-0.4, -0.2) is 45.9 Å². The fraction of sp³-hybridized carbons (Fsp3) is 0.294. The summed E-state index contributed by atoms with van der Waals surface area (Å²) in [5.74, 6) is 0.552. The molecule has 22 heavy (non-hydrogen) atoms. The van der Waals surface area contributed by atoms with Crippen LogP contribution in [0, 0.1) is 0 Å². The van der Waals surface area contributed by atoms with Gasteiger partial charge in [0.05, 0.1) is 0 Å². The second kappa shape index (κ2) is 5.87. The molecule has 3 rings (SSSR count). The summed E-state index contributed by atoms with van der Waals surface area (Å²) >= 11 is -2.54. The number of aromatic hydroxyl groups is 1. The van der Waals surface area contributed by atoms with E-state index in [-0.39, 0.29) is 5.78 Å². The molecule has 1 N–H and O–H groups in total. The molecule has 5 heteroatoms. The van der Waals surface area contributed by atoms with Crippen molar-refractivity contribution in [2.45, 2.75) is 29.3 Å². The molecule has 1 heterocycles. The van der Waals surface area contributed by atoms with E-state index in [0.29, 0.717) is 5.75 Å². The zero-order valence-corrected chi connectivity index (χ0v) is 17.0. The van der Waals surface area contributed by atoms with Crippen LogP contribution < -0.4 is 4.35 Å². The molecule has 0 fully saturated rings. The van der Waals surface area contributed by atoms with Crippen molar-refractivity contribution in [1.29, 1.82) is 0 Å². The quantitative estimate of drug-likeness (QED) is 0.592. The van der Waals surface area contributed by atoms with Gasteiger partial charge in [-0.05, 0) is 0 Å². The Kier molecular flexibility index (Phi) is 4.22. The van der Waals surface area contributed by atoms with E-state index in [4.69, 9.17) is 4.99 Å². The third-order valence-electron chi connectivity index (χ3n) is 3.95. The minimum absolute atomic E-state index is 0.159. The second-order valence-electron chi connectivity index (χ2n) is 5.92. The van der Waals surface area contributed by atoms with Gasteiger partial charge in [0.2, 0.25) is 0 Å². The van der Waals surface area contributed by atoms with Crippen LogP contribution in [-0.2, 0) is 11.2 Å². The van der Waals surface area contributed by atoms with Crippen molar-refractivity contribution < 1.29 is 9.90 Å². The number of allylic oxidation sites excluding steroid dienone is 4. The van der Waals surface area contributed by atoms with Crippen LogP contribution >= 0.6 is 0 Å². The van der Waals surface area contributed by atoms with Crippen molar-refractivity contribution in [3.05, 3.63) is 39.8 Å². The van der Waals surface area contributed by atoms with Gasteiger partial charge in [0.15, 0.2) is 0 Å². The van der Waals surface area contributed by atoms with E-state index in [9.17, 15) is 9.90 Å². The number of rotatable bonds is 2. The summed E-state index contributed by atoms with van der Waals surface area (Å²) in [6.45, 7) is 0. The molecule has 2 aliphatic rings. The number of phenols is 1. The number of aliphatic imine (C=N–C) groups is 1. The third kappa shape index (κ3) is 2.55. The Morgan fingerprint density at radius 1 is 1.09 bits per heavy atom. The summed E-state index contributed by atoms with van der Waals surface area (Å²) in [4.78, 5) is 17.1. The van der Waals surface area contributed by atoms with Crippen molar-refractivity contribution in [2.24, 2.45) is 4.99 Å². The van der Waals surface area contributed by atoms with Gasteiger partial charge in [-0.15, -0.1) is 0 Å². The number of ketones is 1. The number of hydrogen-bond donors (Lipinski definition) is 1. The average molecular weight is 419 g/mol. The molecule has 0 unspecified atom stereocenters. The molecule has 0 saturated heterocycles. The number of fused-ring (bicyclic) bond motifs is 2. The van der Waals surface area contributed by atoms with Gasteiger partial charge in [-0.2, -0.15) is 0 Å². The first-order chi connectivity index (χ1) is 10.4. The number of carbonyl (C=O) groups is 1. The summed E-state index contributed by atoms with van der Waals surface area (Å²) in [5, 5.41) is 10.3. The van der Waals surface area contributed by atoms with E-state index < -0.39 is 29.3 Å². The first-order valence-corrected chi connectivity index (χ1v) is 16.5. The zero-order chi connectivity index (χ0) is 16.0. The van der Waals surface area contributed by atoms with Crippen LogP contribution in [0.1, 0.15) is 5.56 Å². The topological polar surface area (TPSA) is 49.7 Å². The van der Waals surface area contributed by atoms with Crippen molar-refractivity contribution in [3.63, 3.8) is 0 Å². The maximum absolute atomic E-state index is 12.3. The van der Waals surface area contributed by atoms with Crippen molar-refractivity contribution in [1.82, 2.24) is 0 Å². The van der Waals surface area contributed by atoms with E-state index in [1.54, 1.807) is 12.1 Å². The summed E-state index contributed by atoms with van der Waals surface area (Å²) < 4.78 is 2.12. The van der Waals surface area contributed by atoms with E-state index in [2.05, 4.69) is 22.8 Å². The van der Waals surface area contributed by atoms with Gasteiger partial charge in [-0.3, -0.25) is 0 Å². The SMILES string of the molecule is C[As](C)C1=C2Cc3c(ccc(O)c3[As](C)C)N=C2C=CC1=O.